The first kappa shape index (κ1) is 22.4. The Bertz CT molecular complexity index is 1210. The molecule has 3 aliphatic rings. The molecule has 0 unspecified atom stereocenters. The lowest BCUT2D eigenvalue weighted by Crippen LogP contribution is -2.52. The second kappa shape index (κ2) is 9.12. The third kappa shape index (κ3) is 4.38. The number of nitrogens with one attached hydrogen (secondary N) is 1. The van der Waals surface area contributed by atoms with E-state index in [1.54, 1.807) is 12.1 Å². The molecule has 0 atom stereocenters. The summed E-state index contributed by atoms with van der Waals surface area (Å²) < 4.78 is 14.6. The second-order valence-corrected chi connectivity index (χ2v) is 9.38. The second-order valence-electron chi connectivity index (χ2n) is 9.38. The molecule has 1 aliphatic heterocycles. The van der Waals surface area contributed by atoms with Crippen molar-refractivity contribution in [3.63, 3.8) is 0 Å². The number of carbonyl (C=O) groups excluding carboxylic acids is 3. The zero-order chi connectivity index (χ0) is 23.8. The van der Waals surface area contributed by atoms with Gasteiger partial charge in [0.05, 0.1) is 11.3 Å². The number of aromatic nitrogens is 2. The minimum absolute atomic E-state index is 0.0235. The van der Waals surface area contributed by atoms with E-state index < -0.39 is 17.6 Å². The molecule has 34 heavy (non-hydrogen) atoms. The Morgan fingerprint density at radius 3 is 2.38 bits per heavy atom. The predicted octanol–water partition coefficient (Wildman–Crippen LogP) is 1.64. The summed E-state index contributed by atoms with van der Waals surface area (Å²) in [5.74, 6) is -1.98. The third-order valence-corrected chi connectivity index (χ3v) is 7.03. The SMILES string of the molecule is O=C(C(=O)N1CCN(C(=O)c2cc(Cc3n[nH]c(=O)c4c3CCCC4)ccc2F)CC1)C1CC1. The number of rotatable bonds is 5. The Morgan fingerprint density at radius 2 is 1.68 bits per heavy atom. The Labute approximate surface area is 196 Å². The maximum Gasteiger partial charge on any atom is 0.290 e. The van der Waals surface area contributed by atoms with Crippen molar-refractivity contribution in [3.8, 4) is 0 Å². The number of fused-ring (bicyclic) bond motifs is 1. The van der Waals surface area contributed by atoms with E-state index in [1.165, 1.54) is 15.9 Å². The largest absolute Gasteiger partial charge is 0.335 e. The number of halogens is 1. The first-order valence-corrected chi connectivity index (χ1v) is 11.9. The number of hydrogen-bond acceptors (Lipinski definition) is 5. The zero-order valence-electron chi connectivity index (χ0n) is 18.9. The molecular formula is C25H27FN4O4. The van der Waals surface area contributed by atoms with Gasteiger partial charge in [-0.25, -0.2) is 9.49 Å². The molecule has 1 aromatic carbocycles. The molecule has 0 bridgehead atoms. The quantitative estimate of drug-likeness (QED) is 0.675. The van der Waals surface area contributed by atoms with E-state index in [1.807, 2.05) is 0 Å². The lowest BCUT2D eigenvalue weighted by atomic mass is 9.90. The first-order valence-electron chi connectivity index (χ1n) is 11.9. The van der Waals surface area contributed by atoms with Crippen molar-refractivity contribution in [1.82, 2.24) is 20.0 Å². The van der Waals surface area contributed by atoms with Crippen molar-refractivity contribution < 1.29 is 18.8 Å². The van der Waals surface area contributed by atoms with Gasteiger partial charge in [-0.05, 0) is 61.8 Å². The molecule has 8 nitrogen and oxygen atoms in total. The number of amides is 2. The predicted molar refractivity (Wildman–Crippen MR) is 121 cm³/mol. The summed E-state index contributed by atoms with van der Waals surface area (Å²) >= 11 is 0. The van der Waals surface area contributed by atoms with Gasteiger partial charge in [0.25, 0.3) is 17.4 Å². The minimum Gasteiger partial charge on any atom is -0.335 e. The van der Waals surface area contributed by atoms with Gasteiger partial charge in [-0.1, -0.05) is 6.07 Å². The van der Waals surface area contributed by atoms with E-state index in [0.717, 1.165) is 60.9 Å². The van der Waals surface area contributed by atoms with Crippen molar-refractivity contribution >= 4 is 17.6 Å². The third-order valence-electron chi connectivity index (χ3n) is 7.03. The maximum atomic E-state index is 14.6. The van der Waals surface area contributed by atoms with Crippen LogP contribution < -0.4 is 5.56 Å². The van der Waals surface area contributed by atoms with Crippen LogP contribution in [0.25, 0.3) is 0 Å². The standard InChI is InChI=1S/C25H27FN4O4/c26-20-8-5-15(14-21-17-3-1-2-4-18(17)23(32)28-27-21)13-19(20)24(33)29-9-11-30(12-10-29)25(34)22(31)16-6-7-16/h5,8,13,16H,1-4,6-7,9-12,14H2,(H,28,32). The molecule has 9 heteroatoms. The summed E-state index contributed by atoms with van der Waals surface area (Å²) in [7, 11) is 0. The molecule has 2 fully saturated rings. The first-order chi connectivity index (χ1) is 16.4. The number of benzene rings is 1. The van der Waals surface area contributed by atoms with Crippen LogP contribution in [0.1, 0.15) is 58.4 Å². The maximum absolute atomic E-state index is 14.6. The molecule has 2 heterocycles. The van der Waals surface area contributed by atoms with Gasteiger partial charge in [0.1, 0.15) is 5.82 Å². The number of carbonyl (C=O) groups is 3. The smallest absolute Gasteiger partial charge is 0.290 e. The van der Waals surface area contributed by atoms with Crippen LogP contribution in [-0.2, 0) is 28.9 Å². The van der Waals surface area contributed by atoms with Crippen LogP contribution in [0.3, 0.4) is 0 Å². The average Bonchev–Trinajstić information content (AvgIpc) is 3.71. The molecule has 0 spiro atoms. The molecule has 1 aromatic heterocycles. The van der Waals surface area contributed by atoms with Gasteiger partial charge in [0, 0.05) is 44.1 Å². The fourth-order valence-corrected chi connectivity index (χ4v) is 4.87. The summed E-state index contributed by atoms with van der Waals surface area (Å²) in [6.07, 6.45) is 5.44. The highest BCUT2D eigenvalue weighted by Crippen LogP contribution is 2.30. The molecule has 2 aliphatic carbocycles. The van der Waals surface area contributed by atoms with Crippen molar-refractivity contribution in [2.75, 3.05) is 26.2 Å². The Kier molecular flexibility index (Phi) is 6.02. The van der Waals surface area contributed by atoms with Crippen LogP contribution in [0.5, 0.6) is 0 Å². The molecule has 5 rings (SSSR count). The van der Waals surface area contributed by atoms with Crippen LogP contribution in [0.2, 0.25) is 0 Å². The van der Waals surface area contributed by atoms with E-state index in [4.69, 9.17) is 0 Å². The summed E-state index contributed by atoms with van der Waals surface area (Å²) in [5.41, 5.74) is 3.07. The number of aromatic amines is 1. The number of piperazine rings is 1. The van der Waals surface area contributed by atoms with Crippen LogP contribution in [0.15, 0.2) is 23.0 Å². The number of Topliss-reactive ketones (excluding diaryl/α,β-unsaturated/α-hetero) is 1. The average molecular weight is 467 g/mol. The van der Waals surface area contributed by atoms with Gasteiger partial charge < -0.3 is 9.80 Å². The monoisotopic (exact) mass is 466 g/mol. The molecular weight excluding hydrogens is 439 g/mol. The van der Waals surface area contributed by atoms with Gasteiger partial charge in [-0.15, -0.1) is 0 Å². The molecule has 2 aromatic rings. The number of nitrogens with zero attached hydrogens (tertiary/aromatic N) is 3. The van der Waals surface area contributed by atoms with Crippen molar-refractivity contribution in [2.45, 2.75) is 44.9 Å². The molecule has 2 amide bonds. The summed E-state index contributed by atoms with van der Waals surface area (Å²) in [4.78, 5) is 52.5. The number of H-pyrrole nitrogens is 1. The van der Waals surface area contributed by atoms with Gasteiger partial charge in [-0.3, -0.25) is 19.2 Å². The van der Waals surface area contributed by atoms with Gasteiger partial charge >= 0.3 is 0 Å². The summed E-state index contributed by atoms with van der Waals surface area (Å²) in [6, 6.07) is 4.47. The topological polar surface area (TPSA) is 103 Å². The highest BCUT2D eigenvalue weighted by atomic mass is 19.1. The van der Waals surface area contributed by atoms with E-state index in [-0.39, 0.29) is 49.0 Å². The fourth-order valence-electron chi connectivity index (χ4n) is 4.87. The van der Waals surface area contributed by atoms with E-state index in [0.29, 0.717) is 6.42 Å². The highest BCUT2D eigenvalue weighted by Gasteiger charge is 2.37. The Hall–Kier alpha value is -3.36. The number of ketones is 1. The van der Waals surface area contributed by atoms with E-state index >= 15 is 0 Å². The Morgan fingerprint density at radius 1 is 1.00 bits per heavy atom. The molecule has 178 valence electrons. The lowest BCUT2D eigenvalue weighted by Gasteiger charge is -2.34. The van der Waals surface area contributed by atoms with Crippen LogP contribution in [0, 0.1) is 11.7 Å². The van der Waals surface area contributed by atoms with Crippen molar-refractivity contribution in [2.24, 2.45) is 5.92 Å². The highest BCUT2D eigenvalue weighted by molar-refractivity contribution is 6.37. The summed E-state index contributed by atoms with van der Waals surface area (Å²) in [5, 5.41) is 6.81. The normalized spacial score (nSPS) is 17.9. The molecule has 1 saturated heterocycles. The molecule has 1 saturated carbocycles. The van der Waals surface area contributed by atoms with Gasteiger partial charge in [0.15, 0.2) is 0 Å². The van der Waals surface area contributed by atoms with Crippen LogP contribution in [0.4, 0.5) is 4.39 Å². The van der Waals surface area contributed by atoms with Crippen LogP contribution in [-0.4, -0.2) is 63.8 Å². The van der Waals surface area contributed by atoms with Crippen molar-refractivity contribution in [1.29, 1.82) is 0 Å². The van der Waals surface area contributed by atoms with Crippen LogP contribution >= 0.6 is 0 Å². The fraction of sp³-hybridized carbons (Fsp3) is 0.480. The molecule has 1 N–H and O–H groups in total. The van der Waals surface area contributed by atoms with Gasteiger partial charge in [0.2, 0.25) is 5.78 Å². The lowest BCUT2D eigenvalue weighted by molar-refractivity contribution is -0.146. The van der Waals surface area contributed by atoms with E-state index in [9.17, 15) is 23.6 Å². The van der Waals surface area contributed by atoms with E-state index in [2.05, 4.69) is 10.2 Å². The summed E-state index contributed by atoms with van der Waals surface area (Å²) in [6.45, 7) is 1.03. The van der Waals surface area contributed by atoms with Crippen molar-refractivity contribution in [3.05, 3.63) is 62.3 Å². The van der Waals surface area contributed by atoms with Gasteiger partial charge in [-0.2, -0.15) is 5.10 Å². The zero-order valence-corrected chi connectivity index (χ0v) is 18.9. The number of hydrogen-bond donors (Lipinski definition) is 1. The molecule has 0 radical (unpaired) electrons. The minimum atomic E-state index is -0.604. The Balaban J connectivity index is 1.29.